The van der Waals surface area contributed by atoms with E-state index in [1.807, 2.05) is 55.4 Å². The van der Waals surface area contributed by atoms with Crippen molar-refractivity contribution < 1.29 is 19.1 Å². The van der Waals surface area contributed by atoms with E-state index in [1.165, 1.54) is 13.8 Å². The van der Waals surface area contributed by atoms with Crippen LogP contribution in [-0.4, -0.2) is 35.2 Å². The second-order valence-corrected chi connectivity index (χ2v) is 8.00. The SMILES string of the molecule is CC(=O)OC(C)(C)C(N=NC(C(C)C)C(C)(C)OC(C)=O)C(C)C. The molecule has 0 aliphatic heterocycles. The Kier molecular flexibility index (Phi) is 8.06. The smallest absolute Gasteiger partial charge is 0.303 e. The van der Waals surface area contributed by atoms with Crippen molar-refractivity contribution in [3.63, 3.8) is 0 Å². The molecule has 2 unspecified atom stereocenters. The van der Waals surface area contributed by atoms with Crippen molar-refractivity contribution in [2.75, 3.05) is 0 Å². The summed E-state index contributed by atoms with van der Waals surface area (Å²) in [4.78, 5) is 22.7. The van der Waals surface area contributed by atoms with Crippen LogP contribution in [0.1, 0.15) is 69.2 Å². The van der Waals surface area contributed by atoms with Gasteiger partial charge in [0.15, 0.2) is 0 Å². The number of carbonyl (C=O) groups excluding carboxylic acids is 2. The van der Waals surface area contributed by atoms with Gasteiger partial charge in [-0.1, -0.05) is 27.7 Å². The first-order valence-corrected chi connectivity index (χ1v) is 8.49. The molecule has 0 spiro atoms. The number of hydrogen-bond acceptors (Lipinski definition) is 6. The molecule has 0 amide bonds. The average molecular weight is 342 g/mol. The second-order valence-electron chi connectivity index (χ2n) is 8.00. The number of ether oxygens (including phenoxy) is 2. The number of nitrogens with zero attached hydrogens (tertiary/aromatic N) is 2. The Hall–Kier alpha value is -1.46. The van der Waals surface area contributed by atoms with E-state index < -0.39 is 11.2 Å². The zero-order chi connectivity index (χ0) is 19.3. The molecule has 0 N–H and O–H groups in total. The summed E-state index contributed by atoms with van der Waals surface area (Å²) in [6.45, 7) is 18.1. The molecule has 140 valence electrons. The number of rotatable bonds is 8. The molecule has 0 aliphatic rings. The molecule has 24 heavy (non-hydrogen) atoms. The fourth-order valence-corrected chi connectivity index (χ4v) is 3.16. The summed E-state index contributed by atoms with van der Waals surface area (Å²) in [6, 6.07) is -0.591. The molecule has 0 saturated carbocycles. The summed E-state index contributed by atoms with van der Waals surface area (Å²) in [5.74, 6) is -0.427. The highest BCUT2D eigenvalue weighted by molar-refractivity contribution is 5.67. The molecule has 6 nitrogen and oxygen atoms in total. The normalized spacial score (nSPS) is 15.7. The molecular weight excluding hydrogens is 308 g/mol. The van der Waals surface area contributed by atoms with Crippen LogP contribution in [-0.2, 0) is 19.1 Å². The van der Waals surface area contributed by atoms with E-state index in [0.29, 0.717) is 0 Å². The maximum absolute atomic E-state index is 11.4. The van der Waals surface area contributed by atoms with Gasteiger partial charge >= 0.3 is 11.9 Å². The van der Waals surface area contributed by atoms with Gasteiger partial charge in [-0.05, 0) is 39.5 Å². The molecule has 0 rings (SSSR count). The van der Waals surface area contributed by atoms with Crippen LogP contribution in [0, 0.1) is 11.8 Å². The molecular formula is C18H34N2O4. The van der Waals surface area contributed by atoms with Gasteiger partial charge in [0, 0.05) is 13.8 Å². The lowest BCUT2D eigenvalue weighted by molar-refractivity contribution is -0.159. The van der Waals surface area contributed by atoms with Crippen LogP contribution in [0.15, 0.2) is 10.2 Å². The van der Waals surface area contributed by atoms with E-state index in [-0.39, 0.29) is 35.9 Å². The van der Waals surface area contributed by atoms with Crippen LogP contribution in [0.5, 0.6) is 0 Å². The highest BCUT2D eigenvalue weighted by Gasteiger charge is 2.38. The highest BCUT2D eigenvalue weighted by Crippen LogP contribution is 2.29. The fraction of sp³-hybridized carbons (Fsp3) is 0.889. The van der Waals surface area contributed by atoms with Crippen LogP contribution in [0.2, 0.25) is 0 Å². The molecule has 6 heteroatoms. The molecule has 0 aromatic carbocycles. The second kappa shape index (κ2) is 8.58. The quantitative estimate of drug-likeness (QED) is 0.490. The van der Waals surface area contributed by atoms with E-state index in [0.717, 1.165) is 0 Å². The van der Waals surface area contributed by atoms with Crippen molar-refractivity contribution >= 4 is 11.9 Å². The van der Waals surface area contributed by atoms with Gasteiger partial charge in [-0.25, -0.2) is 0 Å². The first-order valence-electron chi connectivity index (χ1n) is 8.49. The topological polar surface area (TPSA) is 77.3 Å². The minimum absolute atomic E-state index is 0.132. The summed E-state index contributed by atoms with van der Waals surface area (Å²) in [7, 11) is 0. The van der Waals surface area contributed by atoms with Crippen molar-refractivity contribution in [3.8, 4) is 0 Å². The minimum atomic E-state index is -0.767. The predicted octanol–water partition coefficient (Wildman–Crippen LogP) is 4.17. The van der Waals surface area contributed by atoms with Gasteiger partial charge < -0.3 is 9.47 Å². The molecule has 0 aromatic heterocycles. The third-order valence-electron chi connectivity index (χ3n) is 3.82. The molecule has 0 saturated heterocycles. The predicted molar refractivity (Wildman–Crippen MR) is 93.8 cm³/mol. The number of carbonyl (C=O) groups is 2. The monoisotopic (exact) mass is 342 g/mol. The zero-order valence-corrected chi connectivity index (χ0v) is 16.8. The maximum atomic E-state index is 11.4. The summed E-state index contributed by atoms with van der Waals surface area (Å²) >= 11 is 0. The standard InChI is InChI=1S/C18H34N2O4/c1-11(2)15(17(7,8)23-13(5)21)19-20-16(12(3)4)18(9,10)24-14(6)22/h11-12,15-16H,1-10H3. The van der Waals surface area contributed by atoms with Gasteiger partial charge in [0.2, 0.25) is 0 Å². The Bertz CT molecular complexity index is 426. The van der Waals surface area contributed by atoms with Crippen molar-refractivity contribution in [1.29, 1.82) is 0 Å². The van der Waals surface area contributed by atoms with E-state index in [1.54, 1.807) is 0 Å². The summed E-state index contributed by atoms with van der Waals surface area (Å²) in [6.07, 6.45) is 0. The van der Waals surface area contributed by atoms with E-state index in [2.05, 4.69) is 10.2 Å². The third-order valence-corrected chi connectivity index (χ3v) is 3.82. The van der Waals surface area contributed by atoms with E-state index in [9.17, 15) is 9.59 Å². The van der Waals surface area contributed by atoms with Crippen LogP contribution in [0.25, 0.3) is 0 Å². The van der Waals surface area contributed by atoms with Crippen molar-refractivity contribution in [2.24, 2.45) is 22.1 Å². The van der Waals surface area contributed by atoms with Gasteiger partial charge in [0.1, 0.15) is 23.3 Å². The van der Waals surface area contributed by atoms with Gasteiger partial charge in [-0.2, -0.15) is 10.2 Å². The van der Waals surface area contributed by atoms with Crippen LogP contribution in [0.4, 0.5) is 0 Å². The van der Waals surface area contributed by atoms with E-state index in [4.69, 9.17) is 9.47 Å². The Morgan fingerprint density at radius 1 is 0.708 bits per heavy atom. The lowest BCUT2D eigenvalue weighted by Crippen LogP contribution is -2.44. The number of esters is 2. The summed E-state index contributed by atoms with van der Waals surface area (Å²) in [5.41, 5.74) is -1.53. The average Bonchev–Trinajstić information content (AvgIpc) is 2.28. The zero-order valence-electron chi connectivity index (χ0n) is 16.8. The van der Waals surface area contributed by atoms with Crippen molar-refractivity contribution in [3.05, 3.63) is 0 Å². The molecule has 0 aromatic rings. The largest absolute Gasteiger partial charge is 0.457 e. The maximum Gasteiger partial charge on any atom is 0.303 e. The molecule has 0 aliphatic carbocycles. The number of hydrogen-bond donors (Lipinski definition) is 0. The molecule has 0 bridgehead atoms. The van der Waals surface area contributed by atoms with E-state index >= 15 is 0 Å². The first-order chi connectivity index (χ1) is 10.7. The van der Waals surface area contributed by atoms with Crippen LogP contribution >= 0.6 is 0 Å². The van der Waals surface area contributed by atoms with Gasteiger partial charge in [0.05, 0.1) is 0 Å². The lowest BCUT2D eigenvalue weighted by Gasteiger charge is -2.35. The van der Waals surface area contributed by atoms with Gasteiger partial charge in [0.25, 0.3) is 0 Å². The molecule has 0 radical (unpaired) electrons. The van der Waals surface area contributed by atoms with Gasteiger partial charge in [-0.3, -0.25) is 9.59 Å². The van der Waals surface area contributed by atoms with Crippen molar-refractivity contribution in [1.82, 2.24) is 0 Å². The Morgan fingerprint density at radius 3 is 1.12 bits per heavy atom. The summed E-state index contributed by atoms with van der Waals surface area (Å²) < 4.78 is 10.9. The summed E-state index contributed by atoms with van der Waals surface area (Å²) in [5, 5.41) is 9.00. The van der Waals surface area contributed by atoms with Crippen LogP contribution < -0.4 is 0 Å². The Balaban J connectivity index is 5.56. The Labute approximate surface area is 146 Å². The highest BCUT2D eigenvalue weighted by atomic mass is 16.6. The van der Waals surface area contributed by atoms with Crippen LogP contribution in [0.3, 0.4) is 0 Å². The first kappa shape index (κ1) is 22.5. The Morgan fingerprint density at radius 2 is 0.958 bits per heavy atom. The van der Waals surface area contributed by atoms with Crippen molar-refractivity contribution in [2.45, 2.75) is 92.5 Å². The minimum Gasteiger partial charge on any atom is -0.457 e. The lowest BCUT2D eigenvalue weighted by atomic mass is 9.88. The fourth-order valence-electron chi connectivity index (χ4n) is 3.16. The molecule has 0 fully saturated rings. The third kappa shape index (κ3) is 6.97. The molecule has 2 atom stereocenters. The molecule has 0 heterocycles. The van der Waals surface area contributed by atoms with Gasteiger partial charge in [-0.15, -0.1) is 0 Å². The number of azo groups is 1.